The molecule has 0 aliphatic carbocycles. The van der Waals surface area contributed by atoms with Gasteiger partial charge in [0.05, 0.1) is 10.8 Å². The molecule has 1 unspecified atom stereocenters. The molecule has 0 saturated carbocycles. The summed E-state index contributed by atoms with van der Waals surface area (Å²) in [5.74, 6) is -0.691. The van der Waals surface area contributed by atoms with Gasteiger partial charge in [-0.25, -0.2) is 0 Å². The van der Waals surface area contributed by atoms with Crippen LogP contribution in [0.25, 0.3) is 0 Å². The second-order valence-corrected chi connectivity index (χ2v) is 5.34. The fourth-order valence-electron chi connectivity index (χ4n) is 1.74. The molecule has 19 heavy (non-hydrogen) atoms. The Morgan fingerprint density at radius 1 is 1.32 bits per heavy atom. The lowest BCUT2D eigenvalue weighted by atomic mass is 9.96. The Bertz CT molecular complexity index is 459. The summed E-state index contributed by atoms with van der Waals surface area (Å²) in [7, 11) is 0. The minimum atomic E-state index is -0.536. The number of hydrogen-bond acceptors (Lipinski definition) is 4. The normalized spacial score (nSPS) is 12.8. The van der Waals surface area contributed by atoms with Gasteiger partial charge in [-0.15, -0.1) is 0 Å². The fourth-order valence-corrected chi connectivity index (χ4v) is 1.74. The lowest BCUT2D eigenvalue weighted by Gasteiger charge is -2.23. The van der Waals surface area contributed by atoms with E-state index in [1.54, 1.807) is 12.1 Å². The van der Waals surface area contributed by atoms with Gasteiger partial charge in [0.1, 0.15) is 5.60 Å². The van der Waals surface area contributed by atoms with Gasteiger partial charge >= 0.3 is 5.97 Å². The monoisotopic (exact) mass is 265 g/mol. The van der Waals surface area contributed by atoms with Crippen molar-refractivity contribution in [3.8, 4) is 0 Å². The van der Waals surface area contributed by atoms with E-state index in [0.29, 0.717) is 6.42 Å². The van der Waals surface area contributed by atoms with Crippen molar-refractivity contribution in [2.75, 3.05) is 0 Å². The van der Waals surface area contributed by atoms with Crippen molar-refractivity contribution in [3.05, 3.63) is 39.9 Å². The molecule has 0 N–H and O–H groups in total. The Morgan fingerprint density at radius 3 is 2.21 bits per heavy atom. The third-order valence-corrected chi connectivity index (χ3v) is 2.61. The minimum Gasteiger partial charge on any atom is -0.459 e. The molecule has 0 fully saturated rings. The number of nitro benzene ring substituents is 1. The van der Waals surface area contributed by atoms with Crippen LogP contribution in [0.4, 0.5) is 5.69 Å². The first kappa shape index (κ1) is 15.1. The molecular weight excluding hydrogens is 246 g/mol. The number of ether oxygens (including phenoxy) is 1. The Hall–Kier alpha value is -1.91. The number of nitro groups is 1. The van der Waals surface area contributed by atoms with E-state index in [-0.39, 0.29) is 17.6 Å². The topological polar surface area (TPSA) is 69.4 Å². The molecule has 0 bridgehead atoms. The second kappa shape index (κ2) is 5.82. The quantitative estimate of drug-likeness (QED) is 0.475. The van der Waals surface area contributed by atoms with E-state index in [9.17, 15) is 14.9 Å². The van der Waals surface area contributed by atoms with E-state index in [2.05, 4.69) is 0 Å². The molecule has 0 aliphatic rings. The Balaban J connectivity index is 2.91. The number of carbonyl (C=O) groups is 1. The van der Waals surface area contributed by atoms with E-state index >= 15 is 0 Å². The summed E-state index contributed by atoms with van der Waals surface area (Å²) >= 11 is 0. The molecule has 5 nitrogen and oxygen atoms in total. The van der Waals surface area contributed by atoms with Crippen molar-refractivity contribution < 1.29 is 14.5 Å². The van der Waals surface area contributed by atoms with Gasteiger partial charge in [-0.2, -0.15) is 0 Å². The van der Waals surface area contributed by atoms with Crippen LogP contribution in [0.3, 0.4) is 0 Å². The van der Waals surface area contributed by atoms with Crippen LogP contribution in [0.5, 0.6) is 0 Å². The molecule has 0 radical (unpaired) electrons. The first-order valence-corrected chi connectivity index (χ1v) is 6.22. The zero-order valence-electron chi connectivity index (χ0n) is 11.7. The molecule has 0 amide bonds. The zero-order valence-corrected chi connectivity index (χ0v) is 11.7. The SMILES string of the molecule is CCC(C(=O)OC(C)(C)C)c1ccc([N+](=O)[O-])cc1. The number of carbonyl (C=O) groups excluding carboxylic acids is 1. The number of non-ortho nitro benzene ring substituents is 1. The summed E-state index contributed by atoms with van der Waals surface area (Å²) in [6.07, 6.45) is 0.590. The van der Waals surface area contributed by atoms with Gasteiger partial charge in [-0.3, -0.25) is 14.9 Å². The van der Waals surface area contributed by atoms with Crippen molar-refractivity contribution in [2.24, 2.45) is 0 Å². The number of hydrogen-bond donors (Lipinski definition) is 0. The van der Waals surface area contributed by atoms with Gasteiger partial charge in [0.2, 0.25) is 0 Å². The lowest BCUT2D eigenvalue weighted by Crippen LogP contribution is -2.27. The number of nitrogens with zero attached hydrogens (tertiary/aromatic N) is 1. The molecule has 1 rings (SSSR count). The highest BCUT2D eigenvalue weighted by atomic mass is 16.6. The molecule has 0 aliphatic heterocycles. The summed E-state index contributed by atoms with van der Waals surface area (Å²) in [4.78, 5) is 22.2. The van der Waals surface area contributed by atoms with Crippen molar-refractivity contribution in [1.82, 2.24) is 0 Å². The molecule has 1 aromatic rings. The molecule has 5 heteroatoms. The van der Waals surface area contributed by atoms with Crippen LogP contribution in [0.15, 0.2) is 24.3 Å². The molecular formula is C14H19NO4. The fraction of sp³-hybridized carbons (Fsp3) is 0.500. The Morgan fingerprint density at radius 2 is 1.84 bits per heavy atom. The first-order chi connectivity index (χ1) is 8.74. The molecule has 0 aromatic heterocycles. The lowest BCUT2D eigenvalue weighted by molar-refractivity contribution is -0.384. The summed E-state index contributed by atoms with van der Waals surface area (Å²) in [6, 6.07) is 6.02. The summed E-state index contributed by atoms with van der Waals surface area (Å²) in [5.41, 5.74) is 0.218. The molecule has 1 atom stereocenters. The summed E-state index contributed by atoms with van der Waals surface area (Å²) in [5, 5.41) is 10.6. The maximum absolute atomic E-state index is 12.1. The summed E-state index contributed by atoms with van der Waals surface area (Å²) < 4.78 is 5.35. The van der Waals surface area contributed by atoms with Gasteiger partial charge in [0, 0.05) is 12.1 Å². The highest BCUT2D eigenvalue weighted by Gasteiger charge is 2.25. The van der Waals surface area contributed by atoms with Gasteiger partial charge in [-0.1, -0.05) is 19.1 Å². The van der Waals surface area contributed by atoms with Crippen molar-refractivity contribution in [1.29, 1.82) is 0 Å². The number of esters is 1. The third-order valence-electron chi connectivity index (χ3n) is 2.61. The largest absolute Gasteiger partial charge is 0.459 e. The maximum Gasteiger partial charge on any atom is 0.313 e. The second-order valence-electron chi connectivity index (χ2n) is 5.34. The van der Waals surface area contributed by atoms with Crippen LogP contribution < -0.4 is 0 Å². The Kier molecular flexibility index (Phi) is 4.64. The highest BCUT2D eigenvalue weighted by Crippen LogP contribution is 2.25. The van der Waals surface area contributed by atoms with Gasteiger partial charge in [-0.05, 0) is 32.8 Å². The molecule has 0 heterocycles. The molecule has 0 spiro atoms. The average Bonchev–Trinajstić information content (AvgIpc) is 2.28. The average molecular weight is 265 g/mol. The summed E-state index contributed by atoms with van der Waals surface area (Å²) in [6.45, 7) is 7.32. The van der Waals surface area contributed by atoms with E-state index in [1.165, 1.54) is 12.1 Å². The van der Waals surface area contributed by atoms with Crippen molar-refractivity contribution in [2.45, 2.75) is 45.6 Å². The van der Waals surface area contributed by atoms with E-state index in [4.69, 9.17) is 4.74 Å². The van der Waals surface area contributed by atoms with E-state index in [1.807, 2.05) is 27.7 Å². The standard InChI is InChI=1S/C14H19NO4/c1-5-12(13(16)19-14(2,3)4)10-6-8-11(9-7-10)15(17)18/h6-9,12H,5H2,1-4H3. The zero-order chi connectivity index (χ0) is 14.6. The predicted molar refractivity (Wildman–Crippen MR) is 72.0 cm³/mol. The maximum atomic E-state index is 12.1. The third kappa shape index (κ3) is 4.35. The van der Waals surface area contributed by atoms with Crippen LogP contribution in [0, 0.1) is 10.1 Å². The van der Waals surface area contributed by atoms with Crippen LogP contribution >= 0.6 is 0 Å². The van der Waals surface area contributed by atoms with E-state index < -0.39 is 10.5 Å². The highest BCUT2D eigenvalue weighted by molar-refractivity contribution is 5.78. The molecule has 104 valence electrons. The first-order valence-electron chi connectivity index (χ1n) is 6.22. The van der Waals surface area contributed by atoms with Crippen LogP contribution in [0.2, 0.25) is 0 Å². The van der Waals surface area contributed by atoms with Gasteiger partial charge < -0.3 is 4.74 Å². The molecule has 0 saturated heterocycles. The molecule has 1 aromatic carbocycles. The minimum absolute atomic E-state index is 0.0165. The van der Waals surface area contributed by atoms with E-state index in [0.717, 1.165) is 5.56 Å². The number of benzene rings is 1. The van der Waals surface area contributed by atoms with Crippen LogP contribution in [-0.4, -0.2) is 16.5 Å². The number of rotatable bonds is 4. The van der Waals surface area contributed by atoms with Gasteiger partial charge in [0.25, 0.3) is 5.69 Å². The van der Waals surface area contributed by atoms with Crippen LogP contribution in [0.1, 0.15) is 45.6 Å². The van der Waals surface area contributed by atoms with Crippen molar-refractivity contribution >= 4 is 11.7 Å². The van der Waals surface area contributed by atoms with Crippen molar-refractivity contribution in [3.63, 3.8) is 0 Å². The predicted octanol–water partition coefficient (Wildman–Crippen LogP) is 3.43. The smallest absolute Gasteiger partial charge is 0.313 e. The van der Waals surface area contributed by atoms with Gasteiger partial charge in [0.15, 0.2) is 0 Å². The van der Waals surface area contributed by atoms with Crippen LogP contribution in [-0.2, 0) is 9.53 Å². The Labute approximate surface area is 112 Å².